The minimum Gasteiger partial charge on any atom is -0.147 e. The van der Waals surface area contributed by atoms with Crippen LogP contribution in [0.5, 0.6) is 0 Å². The van der Waals surface area contributed by atoms with E-state index in [1.165, 1.54) is 23.8 Å². The van der Waals surface area contributed by atoms with Crippen molar-refractivity contribution in [1.29, 1.82) is 0 Å². The van der Waals surface area contributed by atoms with E-state index in [1.54, 1.807) is 6.56 Å². The third-order valence-electron chi connectivity index (χ3n) is 4.98. The molecule has 0 aromatic heterocycles. The Morgan fingerprint density at radius 1 is 0.636 bits per heavy atom. The number of hydrogen-bond acceptors (Lipinski definition) is 2. The number of allylic oxidation sites excluding steroid dienone is 8. The standard InChI is InChI=1S/2C8H11BS.2C5H5.2ClH.Zr/c2*1-9(2)7-5-3-4-6-8(7)10;2*1-2-4-5-3-1;;;/h2*3-6,10H,1-2H3;2*1-3H,4H2;2*1H;. The smallest absolute Gasteiger partial charge is 0.147 e. The quantitative estimate of drug-likeness (QED) is 0.266. The summed E-state index contributed by atoms with van der Waals surface area (Å²) >= 11 is 8.36. The van der Waals surface area contributed by atoms with Crippen molar-refractivity contribution in [2.45, 2.75) is 49.9 Å². The van der Waals surface area contributed by atoms with Crippen LogP contribution in [0.2, 0.25) is 27.3 Å². The first kappa shape index (κ1) is 32.7. The van der Waals surface area contributed by atoms with E-state index in [1.807, 2.05) is 24.3 Å². The van der Waals surface area contributed by atoms with Gasteiger partial charge in [-0.2, -0.15) is 0 Å². The van der Waals surface area contributed by atoms with Crippen LogP contribution in [0.4, 0.5) is 0 Å². The summed E-state index contributed by atoms with van der Waals surface area (Å²) in [6, 6.07) is 16.4. The summed E-state index contributed by atoms with van der Waals surface area (Å²) in [5, 5.41) is 0. The van der Waals surface area contributed by atoms with Gasteiger partial charge >= 0.3 is 79.1 Å². The van der Waals surface area contributed by atoms with E-state index in [4.69, 9.17) is 0 Å². The van der Waals surface area contributed by atoms with Crippen molar-refractivity contribution in [2.24, 2.45) is 0 Å². The minimum atomic E-state index is -0.312. The first-order valence-electron chi connectivity index (χ1n) is 10.9. The molecule has 0 unspecified atom stereocenters. The molecule has 2 aliphatic rings. The molecule has 0 atom stereocenters. The van der Waals surface area contributed by atoms with E-state index in [0.29, 0.717) is 13.4 Å². The fraction of sp³-hybridized carbons (Fsp3) is 0.231. The first-order valence-corrected chi connectivity index (χ1v) is 14.3. The van der Waals surface area contributed by atoms with Crippen LogP contribution < -0.4 is 10.9 Å². The van der Waals surface area contributed by atoms with Crippen molar-refractivity contribution >= 4 is 74.4 Å². The Kier molecular flexibility index (Phi) is 17.9. The van der Waals surface area contributed by atoms with Crippen LogP contribution in [0.3, 0.4) is 0 Å². The molecule has 0 fully saturated rings. The zero-order valence-corrected chi connectivity index (χ0v) is 25.7. The number of hydrogen-bond donors (Lipinski definition) is 2. The van der Waals surface area contributed by atoms with Crippen molar-refractivity contribution in [3.8, 4) is 0 Å². The topological polar surface area (TPSA) is 0 Å². The second kappa shape index (κ2) is 18.0. The van der Waals surface area contributed by atoms with E-state index in [9.17, 15) is 0 Å². The molecule has 2 aromatic carbocycles. The number of thiol groups is 2. The largest absolute Gasteiger partial charge is 0.171 e. The van der Waals surface area contributed by atoms with Crippen LogP contribution in [0.15, 0.2) is 101 Å². The molecule has 0 amide bonds. The first-order chi connectivity index (χ1) is 14.9. The molecule has 33 heavy (non-hydrogen) atoms. The van der Waals surface area contributed by atoms with Crippen molar-refractivity contribution < 1.29 is 23.2 Å². The van der Waals surface area contributed by atoms with Gasteiger partial charge in [-0.3, -0.25) is 0 Å². The molecule has 2 aliphatic carbocycles. The molecule has 0 aliphatic heterocycles. The van der Waals surface area contributed by atoms with Crippen molar-refractivity contribution in [3.63, 3.8) is 0 Å². The maximum atomic E-state index is 4.34. The maximum Gasteiger partial charge on any atom is 0.171 e. The Morgan fingerprint density at radius 3 is 1.24 bits per heavy atom. The number of benzene rings is 2. The second-order valence-electron chi connectivity index (χ2n) is 8.20. The van der Waals surface area contributed by atoms with E-state index >= 15 is 0 Å². The van der Waals surface area contributed by atoms with Crippen molar-refractivity contribution in [3.05, 3.63) is 91.5 Å². The predicted molar refractivity (Wildman–Crippen MR) is 160 cm³/mol. The van der Waals surface area contributed by atoms with Gasteiger partial charge in [0.15, 0.2) is 13.4 Å². The average molecular weight is 594 g/mol. The Labute approximate surface area is 237 Å². The minimum absolute atomic E-state index is 0. The summed E-state index contributed by atoms with van der Waals surface area (Å²) in [6.45, 7) is 9.86. The summed E-state index contributed by atoms with van der Waals surface area (Å²) in [5.74, 6) is 0. The SMILES string of the molecule is C1=CC[C]([Zr][C]2=CC=CC2)=C1.CB(C)c1ccccc1S.CB(C)c1ccccc1S.Cl.Cl. The normalized spacial score (nSPS) is 12.5. The third-order valence-corrected chi connectivity index (χ3v) is 9.20. The van der Waals surface area contributed by atoms with Gasteiger partial charge in [-0.1, -0.05) is 74.6 Å². The Morgan fingerprint density at radius 2 is 1.00 bits per heavy atom. The molecule has 7 heteroatoms. The molecular weight excluding hydrogens is 560 g/mol. The van der Waals surface area contributed by atoms with Crippen molar-refractivity contribution in [1.82, 2.24) is 0 Å². The van der Waals surface area contributed by atoms with Gasteiger partial charge in [0.2, 0.25) is 0 Å². The maximum absolute atomic E-state index is 4.34. The molecule has 4 rings (SSSR count). The van der Waals surface area contributed by atoms with E-state index in [2.05, 4.69) is 113 Å². The van der Waals surface area contributed by atoms with Crippen LogP contribution in [0, 0.1) is 0 Å². The molecule has 2 aromatic rings. The van der Waals surface area contributed by atoms with Gasteiger partial charge in [0, 0.05) is 0 Å². The number of halogens is 2. The molecule has 0 heterocycles. The Bertz CT molecular complexity index is 893. The van der Waals surface area contributed by atoms with E-state index in [0.717, 1.165) is 9.79 Å². The van der Waals surface area contributed by atoms with Gasteiger partial charge in [-0.05, 0) is 21.9 Å². The summed E-state index contributed by atoms with van der Waals surface area (Å²) in [6.07, 6.45) is 16.0. The zero-order chi connectivity index (χ0) is 22.6. The summed E-state index contributed by atoms with van der Waals surface area (Å²) < 4.78 is 3.45. The van der Waals surface area contributed by atoms with Gasteiger partial charge in [0.1, 0.15) is 0 Å². The Balaban J connectivity index is 0.000000453. The van der Waals surface area contributed by atoms with Crippen molar-refractivity contribution in [2.75, 3.05) is 0 Å². The fourth-order valence-electron chi connectivity index (χ4n) is 3.24. The molecule has 0 spiro atoms. The van der Waals surface area contributed by atoms with Gasteiger partial charge < -0.3 is 0 Å². The molecule has 0 N–H and O–H groups in total. The van der Waals surface area contributed by atoms with E-state index < -0.39 is 0 Å². The zero-order valence-electron chi connectivity index (χ0n) is 19.9. The van der Waals surface area contributed by atoms with Gasteiger partial charge in [-0.25, -0.2) is 0 Å². The molecule has 0 nitrogen and oxygen atoms in total. The van der Waals surface area contributed by atoms with Crippen LogP contribution in [0.25, 0.3) is 0 Å². The third kappa shape index (κ3) is 12.3. The molecule has 0 saturated carbocycles. The monoisotopic (exact) mass is 592 g/mol. The van der Waals surface area contributed by atoms with Crippen LogP contribution in [-0.2, 0) is 23.2 Å². The van der Waals surface area contributed by atoms with Crippen LogP contribution >= 0.6 is 50.1 Å². The predicted octanol–water partition coefficient (Wildman–Crippen LogP) is 7.47. The Hall–Kier alpha value is -0.307. The number of rotatable bonds is 4. The molecule has 174 valence electrons. The molecular formula is C26H34B2Cl2S2Zr. The molecule has 0 saturated heterocycles. The second-order valence-corrected chi connectivity index (χ2v) is 12.9. The summed E-state index contributed by atoms with van der Waals surface area (Å²) in [7, 11) is 0. The average Bonchev–Trinajstić information content (AvgIpc) is 3.44. The summed E-state index contributed by atoms with van der Waals surface area (Å²) in [4.78, 5) is 2.19. The van der Waals surface area contributed by atoms with Crippen LogP contribution in [0.1, 0.15) is 12.8 Å². The van der Waals surface area contributed by atoms with Gasteiger partial charge in [-0.15, -0.1) is 50.1 Å². The molecule has 0 bridgehead atoms. The molecule has 0 radical (unpaired) electrons. The van der Waals surface area contributed by atoms with Gasteiger partial charge in [0.25, 0.3) is 0 Å². The van der Waals surface area contributed by atoms with Crippen LogP contribution in [-0.4, -0.2) is 13.4 Å². The van der Waals surface area contributed by atoms with E-state index in [-0.39, 0.29) is 48.0 Å². The van der Waals surface area contributed by atoms with Gasteiger partial charge in [0.05, 0.1) is 0 Å². The fourth-order valence-corrected chi connectivity index (χ4v) is 7.05. The summed E-state index contributed by atoms with van der Waals surface area (Å²) in [5.41, 5.74) is 2.65.